The molecule has 0 aliphatic heterocycles. The van der Waals surface area contributed by atoms with E-state index < -0.39 is 46.7 Å². The molecular formula is C17H10F5N3O2. The number of ether oxygens (including phenoxy) is 1. The smallest absolute Gasteiger partial charge is 0.280 e. The number of nitrogens with one attached hydrogen (secondary N) is 1. The van der Waals surface area contributed by atoms with Crippen molar-refractivity contribution in [2.24, 2.45) is 5.10 Å². The molecule has 5 nitrogen and oxygen atoms in total. The lowest BCUT2D eigenvalue weighted by atomic mass is 10.2. The number of amides is 1. The Balaban J connectivity index is 2.05. The van der Waals surface area contributed by atoms with E-state index in [9.17, 15) is 26.7 Å². The summed E-state index contributed by atoms with van der Waals surface area (Å²) in [7, 11) is 0. The Morgan fingerprint density at radius 3 is 2.11 bits per heavy atom. The number of hydrazone groups is 1. The van der Waals surface area contributed by atoms with Gasteiger partial charge in [0, 0.05) is 0 Å². The topological polar surface area (TPSA) is 74.5 Å². The number of nitriles is 1. The molecule has 1 atom stereocenters. The van der Waals surface area contributed by atoms with Crippen LogP contribution in [0.2, 0.25) is 0 Å². The highest BCUT2D eigenvalue weighted by molar-refractivity contribution is 5.84. The zero-order valence-corrected chi connectivity index (χ0v) is 13.6. The van der Waals surface area contributed by atoms with Gasteiger partial charge in [0.1, 0.15) is 5.75 Å². The molecule has 0 heterocycles. The largest absolute Gasteiger partial charge is 0.481 e. The number of carbonyl (C=O) groups excluding carboxylic acids is 1. The molecule has 0 aliphatic rings. The molecule has 2 aromatic rings. The lowest BCUT2D eigenvalue weighted by molar-refractivity contribution is -0.127. The second-order valence-corrected chi connectivity index (χ2v) is 5.11. The first-order valence-corrected chi connectivity index (χ1v) is 7.27. The molecule has 27 heavy (non-hydrogen) atoms. The molecule has 0 spiro atoms. The summed E-state index contributed by atoms with van der Waals surface area (Å²) in [5, 5.41) is 11.9. The number of nitrogens with zero attached hydrogens (tertiary/aromatic N) is 2. The average molecular weight is 383 g/mol. The maximum absolute atomic E-state index is 13.5. The van der Waals surface area contributed by atoms with Crippen LogP contribution < -0.4 is 10.2 Å². The molecule has 1 amide bonds. The summed E-state index contributed by atoms with van der Waals surface area (Å²) < 4.78 is 71.2. The van der Waals surface area contributed by atoms with E-state index in [0.29, 0.717) is 11.8 Å². The number of hydrogen-bond donors (Lipinski definition) is 1. The first kappa shape index (κ1) is 19.8. The van der Waals surface area contributed by atoms with Gasteiger partial charge in [-0.25, -0.2) is 27.4 Å². The summed E-state index contributed by atoms with van der Waals surface area (Å²) in [6.45, 7) is 1.33. The van der Waals surface area contributed by atoms with Gasteiger partial charge in [0.05, 0.1) is 23.4 Å². The molecule has 2 rings (SSSR count). The second kappa shape index (κ2) is 8.27. The zero-order chi connectivity index (χ0) is 20.1. The average Bonchev–Trinajstić information content (AvgIpc) is 2.67. The van der Waals surface area contributed by atoms with Crippen LogP contribution in [0.15, 0.2) is 29.4 Å². The maximum atomic E-state index is 13.5. The first-order chi connectivity index (χ1) is 12.8. The van der Waals surface area contributed by atoms with Crippen molar-refractivity contribution in [1.82, 2.24) is 5.43 Å². The van der Waals surface area contributed by atoms with Crippen molar-refractivity contribution < 1.29 is 31.5 Å². The van der Waals surface area contributed by atoms with E-state index in [2.05, 4.69) is 5.10 Å². The molecule has 0 aliphatic carbocycles. The Bertz CT molecular complexity index is 910. The standard InChI is InChI=1S/C17H10F5N3O2/c1-8(27-10-4-2-9(6-23)3-5-10)17(26)25-24-7-11-12(18)14(20)16(22)15(21)13(11)19/h2-5,7-8H,1H3,(H,25,26)/b24-7+. The van der Waals surface area contributed by atoms with Crippen molar-refractivity contribution >= 4 is 12.1 Å². The molecule has 0 radical (unpaired) electrons. The molecule has 0 aromatic heterocycles. The van der Waals surface area contributed by atoms with Gasteiger partial charge in [-0.05, 0) is 31.2 Å². The van der Waals surface area contributed by atoms with Gasteiger partial charge >= 0.3 is 0 Å². The van der Waals surface area contributed by atoms with E-state index in [0.717, 1.165) is 0 Å². The summed E-state index contributed by atoms with van der Waals surface area (Å²) in [6, 6.07) is 7.71. The molecule has 1 N–H and O–H groups in total. The number of halogens is 5. The van der Waals surface area contributed by atoms with E-state index >= 15 is 0 Å². The van der Waals surface area contributed by atoms with E-state index in [1.165, 1.54) is 31.2 Å². The summed E-state index contributed by atoms with van der Waals surface area (Å²) in [4.78, 5) is 11.8. The third kappa shape index (κ3) is 4.38. The molecule has 0 saturated heterocycles. The minimum absolute atomic E-state index is 0.264. The molecule has 2 aromatic carbocycles. The van der Waals surface area contributed by atoms with Crippen LogP contribution >= 0.6 is 0 Å². The zero-order valence-electron chi connectivity index (χ0n) is 13.6. The van der Waals surface area contributed by atoms with Crippen molar-refractivity contribution in [3.63, 3.8) is 0 Å². The number of rotatable bonds is 5. The third-order valence-corrected chi connectivity index (χ3v) is 3.28. The normalized spacial score (nSPS) is 11.9. The highest BCUT2D eigenvalue weighted by atomic mass is 19.2. The molecule has 1 unspecified atom stereocenters. The van der Waals surface area contributed by atoms with Crippen LogP contribution in [0.5, 0.6) is 5.75 Å². The van der Waals surface area contributed by atoms with Crippen molar-refractivity contribution in [3.8, 4) is 11.8 Å². The van der Waals surface area contributed by atoms with Crippen molar-refractivity contribution in [3.05, 3.63) is 64.5 Å². The van der Waals surface area contributed by atoms with Crippen molar-refractivity contribution in [1.29, 1.82) is 5.26 Å². The van der Waals surface area contributed by atoms with Crippen LogP contribution in [0.1, 0.15) is 18.1 Å². The number of benzene rings is 2. The highest BCUT2D eigenvalue weighted by Gasteiger charge is 2.24. The van der Waals surface area contributed by atoms with Gasteiger partial charge in [0.25, 0.3) is 5.91 Å². The third-order valence-electron chi connectivity index (χ3n) is 3.28. The summed E-state index contributed by atoms with van der Waals surface area (Å²) in [5.74, 6) is -11.3. The maximum Gasteiger partial charge on any atom is 0.280 e. The molecular weight excluding hydrogens is 373 g/mol. The highest BCUT2D eigenvalue weighted by Crippen LogP contribution is 2.21. The van der Waals surface area contributed by atoms with Gasteiger partial charge < -0.3 is 4.74 Å². The SMILES string of the molecule is CC(Oc1ccc(C#N)cc1)C(=O)N/N=C/c1c(F)c(F)c(F)c(F)c1F. The van der Waals surface area contributed by atoms with Crippen LogP contribution in [-0.4, -0.2) is 18.2 Å². The Kier molecular flexibility index (Phi) is 6.07. The van der Waals surface area contributed by atoms with E-state index in [4.69, 9.17) is 10.00 Å². The molecule has 0 fully saturated rings. The quantitative estimate of drug-likeness (QED) is 0.283. The van der Waals surface area contributed by atoms with Gasteiger partial charge in [0.2, 0.25) is 5.82 Å². The predicted molar refractivity (Wildman–Crippen MR) is 83.2 cm³/mol. The van der Waals surface area contributed by atoms with E-state index in [1.807, 2.05) is 11.5 Å². The second-order valence-electron chi connectivity index (χ2n) is 5.11. The first-order valence-electron chi connectivity index (χ1n) is 7.27. The van der Waals surface area contributed by atoms with Gasteiger partial charge in [-0.15, -0.1) is 0 Å². The monoisotopic (exact) mass is 383 g/mol. The fourth-order valence-corrected chi connectivity index (χ4v) is 1.85. The van der Waals surface area contributed by atoms with Gasteiger partial charge in [-0.2, -0.15) is 10.4 Å². The van der Waals surface area contributed by atoms with E-state index in [1.54, 1.807) is 0 Å². The summed E-state index contributed by atoms with van der Waals surface area (Å²) in [5.41, 5.74) is 0.946. The van der Waals surface area contributed by atoms with Crippen LogP contribution in [0.25, 0.3) is 0 Å². The van der Waals surface area contributed by atoms with Crippen LogP contribution in [0.4, 0.5) is 22.0 Å². The Hall–Kier alpha value is -3.48. The summed E-state index contributed by atoms with van der Waals surface area (Å²) in [6.07, 6.45) is -0.811. The van der Waals surface area contributed by atoms with Crippen LogP contribution in [0, 0.1) is 40.4 Å². The van der Waals surface area contributed by atoms with Crippen LogP contribution in [-0.2, 0) is 4.79 Å². The minimum atomic E-state index is -2.30. The number of hydrogen-bond acceptors (Lipinski definition) is 4. The Morgan fingerprint density at radius 2 is 1.59 bits per heavy atom. The van der Waals surface area contributed by atoms with Crippen molar-refractivity contribution in [2.75, 3.05) is 0 Å². The number of carbonyl (C=O) groups is 1. The minimum Gasteiger partial charge on any atom is -0.481 e. The summed E-state index contributed by atoms with van der Waals surface area (Å²) >= 11 is 0. The lowest BCUT2D eigenvalue weighted by Gasteiger charge is -2.12. The van der Waals surface area contributed by atoms with E-state index in [-0.39, 0.29) is 5.75 Å². The Labute approximate surface area is 149 Å². The molecule has 0 saturated carbocycles. The molecule has 0 bridgehead atoms. The van der Waals surface area contributed by atoms with Gasteiger partial charge in [-0.3, -0.25) is 4.79 Å². The van der Waals surface area contributed by atoms with Gasteiger partial charge in [0.15, 0.2) is 29.4 Å². The fourth-order valence-electron chi connectivity index (χ4n) is 1.85. The Morgan fingerprint density at radius 1 is 1.07 bits per heavy atom. The fraction of sp³-hybridized carbons (Fsp3) is 0.118. The predicted octanol–water partition coefficient (Wildman–Crippen LogP) is 3.17. The lowest BCUT2D eigenvalue weighted by Crippen LogP contribution is -2.33. The molecule has 10 heteroatoms. The van der Waals surface area contributed by atoms with Gasteiger partial charge in [-0.1, -0.05) is 0 Å². The van der Waals surface area contributed by atoms with Crippen molar-refractivity contribution in [2.45, 2.75) is 13.0 Å². The molecule has 140 valence electrons. The van der Waals surface area contributed by atoms with Crippen LogP contribution in [0.3, 0.4) is 0 Å².